The zero-order valence-corrected chi connectivity index (χ0v) is 70.2. The Balaban J connectivity index is 0.000000298. The van der Waals surface area contributed by atoms with Crippen LogP contribution in [0.3, 0.4) is 0 Å². The molecule has 702 valence electrons. The zero-order valence-electron chi connectivity index (χ0n) is 70.2. The van der Waals surface area contributed by atoms with E-state index in [1.54, 1.807) is 105 Å². The van der Waals surface area contributed by atoms with Crippen molar-refractivity contribution in [2.45, 2.75) is 313 Å². The molecule has 7 aliphatic heterocycles. The molecule has 13 rings (SSSR count). The van der Waals surface area contributed by atoms with Gasteiger partial charge in [-0.3, -0.25) is 0 Å². The highest BCUT2D eigenvalue weighted by Gasteiger charge is 2.59. The van der Waals surface area contributed by atoms with Crippen LogP contribution in [0.4, 0.5) is 14.4 Å². The van der Waals surface area contributed by atoms with Crippen LogP contribution in [-0.4, -0.2) is 349 Å². The Morgan fingerprint density at radius 3 is 1.26 bits per heavy atom. The van der Waals surface area contributed by atoms with Gasteiger partial charge in [0.2, 0.25) is 0 Å². The lowest BCUT2D eigenvalue weighted by Gasteiger charge is -2.50. The Hall–Kier alpha value is -6.63. The van der Waals surface area contributed by atoms with E-state index in [4.69, 9.17) is 109 Å². The molecular weight excluding hydrogens is 1650 g/mol. The van der Waals surface area contributed by atoms with Crippen molar-refractivity contribution in [1.82, 2.24) is 16.0 Å². The van der Waals surface area contributed by atoms with Gasteiger partial charge in [-0.15, -0.1) is 0 Å². The van der Waals surface area contributed by atoms with Crippen molar-refractivity contribution in [2.24, 2.45) is 34.6 Å². The summed E-state index contributed by atoms with van der Waals surface area (Å²) in [4.78, 5) is 40.2. The molecule has 4 aromatic carbocycles. The minimum atomic E-state index is -1.81. The van der Waals surface area contributed by atoms with E-state index in [0.29, 0.717) is 22.3 Å². The molecule has 0 spiro atoms. The molecule has 9 aliphatic rings. The number of carbonyl (C=O) groups excluding carboxylic acids is 3. The fraction of sp³-hybridized carbons (Fsp3) is 0.675. The highest BCUT2D eigenvalue weighted by Crippen LogP contribution is 2.42. The molecule has 2 saturated carbocycles. The first-order valence-corrected chi connectivity index (χ1v) is 42.2. The molecule has 39 atom stereocenters. The maximum absolute atomic E-state index is 13.6. The van der Waals surface area contributed by atoms with E-state index in [9.17, 15) is 85.9 Å². The number of fused-ring (bicyclic) bond motifs is 1. The maximum Gasteiger partial charge on any atom is 0.407 e. The van der Waals surface area contributed by atoms with Gasteiger partial charge >= 0.3 is 18.3 Å². The van der Waals surface area contributed by atoms with E-state index in [1.165, 1.54) is 0 Å². The lowest BCUT2D eigenvalue weighted by molar-refractivity contribution is -0.360. The van der Waals surface area contributed by atoms with Crippen LogP contribution in [0, 0.1) is 5.92 Å². The molecule has 0 aromatic heterocycles. The van der Waals surface area contributed by atoms with Crippen LogP contribution < -0.4 is 44.6 Å². The molecule has 2 aliphatic carbocycles. The van der Waals surface area contributed by atoms with Crippen molar-refractivity contribution >= 4 is 18.3 Å². The first-order chi connectivity index (χ1) is 60.1. The molecule has 1 unspecified atom stereocenters. The Morgan fingerprint density at radius 1 is 0.392 bits per heavy atom. The fourth-order valence-electron chi connectivity index (χ4n) is 16.1. The number of nitrogens with two attached hydrogens (primary N) is 5. The van der Waals surface area contributed by atoms with E-state index in [-0.39, 0.29) is 52.2 Å². The number of nitrogens with one attached hydrogen (secondary N) is 3. The first-order valence-electron chi connectivity index (χ1n) is 42.2. The Morgan fingerprint density at radius 2 is 0.784 bits per heavy atom. The van der Waals surface area contributed by atoms with E-state index in [2.05, 4.69) is 16.0 Å². The smallest absolute Gasteiger partial charge is 0.407 e. The predicted molar refractivity (Wildman–Crippen MR) is 432 cm³/mol. The molecule has 4 aromatic rings. The monoisotopic (exact) mass is 1780 g/mol. The van der Waals surface area contributed by atoms with Gasteiger partial charge in [-0.25, -0.2) is 14.4 Å². The van der Waals surface area contributed by atoms with Crippen molar-refractivity contribution in [3.63, 3.8) is 0 Å². The van der Waals surface area contributed by atoms with Crippen LogP contribution >= 0.6 is 0 Å². The number of aliphatic hydroxyl groups excluding tert-OH is 14. The van der Waals surface area contributed by atoms with Gasteiger partial charge in [-0.2, -0.15) is 0 Å². The van der Waals surface area contributed by atoms with Crippen LogP contribution in [0.2, 0.25) is 0 Å². The second-order valence-corrected chi connectivity index (χ2v) is 31.3. The summed E-state index contributed by atoms with van der Waals surface area (Å²) in [6, 6.07) is 27.5. The van der Waals surface area contributed by atoms with E-state index in [1.807, 2.05) is 58.0 Å². The number of amides is 3. The summed E-state index contributed by atoms with van der Waals surface area (Å²) in [7, 11) is 0. The van der Waals surface area contributed by atoms with Gasteiger partial charge in [0.1, 0.15) is 160 Å². The summed E-state index contributed by atoms with van der Waals surface area (Å²) >= 11 is 0. The number of benzene rings is 4. The first kappa shape index (κ1) is 101. The molecule has 7 saturated heterocycles. The maximum atomic E-state index is 13.6. The van der Waals surface area contributed by atoms with Crippen molar-refractivity contribution < 1.29 is 166 Å². The number of aliphatic hydroxyl groups is 14. The molecule has 125 heavy (non-hydrogen) atoms. The zero-order chi connectivity index (χ0) is 90.6. The second kappa shape index (κ2) is 47.8. The molecule has 0 bridgehead atoms. The summed E-state index contributed by atoms with van der Waals surface area (Å²) < 4.78 is 101. The molecule has 7 heterocycles. The summed E-state index contributed by atoms with van der Waals surface area (Å²) in [5.74, 6) is -0.666. The highest BCUT2D eigenvalue weighted by atomic mass is 16.8. The molecule has 3 amide bonds. The SMILES string of the molecule is CC.CC.CC[C@@H]1O[C@H](O[C@H]2[C@@H](O)[C@H](O[C@@H]3[C@@H](O)[C@H](NC(=O)OCc4ccccc4)C[C@H](C)[C@H]3O[C@H]3O[C@@H]4COC(c5ccccc5)O[C@H]4[C@H](O)[C@H]3NC(=O)OCc3ccccc3)O[C@@H]2CO)[C@H](NC(=O)OCc2ccccc2)[C@@H](O)[C@@H]1O.NC[C@@H]1O[C@H](O[C@H]2[C@@H](O)[C@H](O[C@@H]3[C@@H](O)[C@H](N)C[C@H](N)[C@H]3O[C@H]3O[C@H](CO)[C@@H](O)[C@H](O)[C@H]3N)O[C@@H]2CO)[C@H](N)[C@@H](O)[C@@H]1O. The lowest BCUT2D eigenvalue weighted by Crippen LogP contribution is -2.69. The van der Waals surface area contributed by atoms with Crippen LogP contribution in [-0.2, 0) is 100 Å². The van der Waals surface area contributed by atoms with Crippen molar-refractivity contribution in [3.8, 4) is 0 Å². The highest BCUT2D eigenvalue weighted by molar-refractivity contribution is 5.69. The molecule has 27 N–H and O–H groups in total. The average molecular weight is 1780 g/mol. The third-order valence-corrected chi connectivity index (χ3v) is 23.0. The van der Waals surface area contributed by atoms with Gasteiger partial charge in [-0.05, 0) is 41.9 Å². The van der Waals surface area contributed by atoms with E-state index < -0.39 is 277 Å². The van der Waals surface area contributed by atoms with Gasteiger partial charge in [-0.1, -0.05) is 163 Å². The summed E-state index contributed by atoms with van der Waals surface area (Å²) in [5, 5.41) is 160. The normalized spacial score (nSPS) is 40.5. The van der Waals surface area contributed by atoms with Crippen molar-refractivity contribution in [3.05, 3.63) is 144 Å². The fourth-order valence-corrected chi connectivity index (χ4v) is 16.1. The summed E-state index contributed by atoms with van der Waals surface area (Å²) in [6.07, 6.45) is -45.6. The minimum absolute atomic E-state index is 0.0443. The van der Waals surface area contributed by atoms with Crippen LogP contribution in [0.1, 0.15) is 89.3 Å². The van der Waals surface area contributed by atoms with Gasteiger partial charge in [0, 0.05) is 24.2 Å². The van der Waals surface area contributed by atoms with Crippen LogP contribution in [0.15, 0.2) is 121 Å². The van der Waals surface area contributed by atoms with Crippen molar-refractivity contribution in [1.29, 1.82) is 0 Å². The molecule has 9 fully saturated rings. The van der Waals surface area contributed by atoms with E-state index >= 15 is 0 Å². The summed E-state index contributed by atoms with van der Waals surface area (Å²) in [6.45, 7) is 8.77. The number of ether oxygens (including phenoxy) is 17. The van der Waals surface area contributed by atoms with Crippen molar-refractivity contribution in [2.75, 3.05) is 33.0 Å². The van der Waals surface area contributed by atoms with Crippen LogP contribution in [0.25, 0.3) is 0 Å². The third-order valence-electron chi connectivity index (χ3n) is 23.0. The van der Waals surface area contributed by atoms with Gasteiger partial charge in [0.05, 0.1) is 62.9 Å². The predicted octanol–water partition coefficient (Wildman–Crippen LogP) is -4.25. The number of rotatable bonds is 27. The number of hydrogen-bond donors (Lipinski definition) is 22. The quantitative estimate of drug-likeness (QED) is 0.0251. The Kier molecular flexibility index (Phi) is 38.4. The topological polar surface area (TPSA) is 658 Å². The van der Waals surface area contributed by atoms with Gasteiger partial charge in [0.25, 0.3) is 0 Å². The minimum Gasteiger partial charge on any atom is -0.445 e. The van der Waals surface area contributed by atoms with Crippen LogP contribution in [0.5, 0.6) is 0 Å². The van der Waals surface area contributed by atoms with Gasteiger partial charge in [0.15, 0.2) is 44.0 Å². The second-order valence-electron chi connectivity index (χ2n) is 31.3. The average Bonchev–Trinajstić information content (AvgIpc) is 1.76. The standard InChI is InChI=1S/C56H69N3O20.C23H45N5O14.2C2H6/c1-3-36-42(62)43(63)39(58-55(67)71-27-32-18-10-5-11-19-32)51(73-36)78-47-37(25-60)74-53(45(47)65)79-49-41(61)35(57-54(66)70-26-31-16-8-4-9-17-31)24-30(2)46(49)76-52-40(59-56(68)72-28-33-20-12-6-13-21-33)44(64)48-38(75-52)29-69-50(77-48)34-22-14-7-15-23-34;24-2-7-13(32)15(34)10(27)21(37-7)41-19-9(4-30)39-23(17(19)36)42-20-12(31)5(25)1-6(26)18(20)40-22-11(28)16(35)14(33)8(3-29)38-22;2*1-2/h4-23,30,35-53,60-65H,3,24-29H2,1-2H3,(H,57,66)(H,58,67)(H,59,68);5-23,29-36H,1-4,24-28H2;2*1-2H3/t30-,35+,36-,37+,38+,39+,40+,41-,42+,43+,44+,45+,46+,47+,48+,49+,50?,51+,52+,53-;5-,6+,7+,8-,9-,10-,11-,12+,13-,14-,15-,16-,17-,18-,19-,20-,21-,22-,23+;;/m01../s1. The Bertz CT molecular complexity index is 3830. The number of carbonyl (C=O) groups is 3. The molecule has 42 heteroatoms. The van der Waals surface area contributed by atoms with E-state index in [0.717, 1.165) is 0 Å². The molecular formula is C83H126N8O34. The number of alkyl carbamates (subject to hydrolysis) is 3. The largest absolute Gasteiger partial charge is 0.445 e. The molecule has 0 radical (unpaired) electrons. The third kappa shape index (κ3) is 24.7. The molecule has 42 nitrogen and oxygen atoms in total. The Labute approximate surface area is 722 Å². The summed E-state index contributed by atoms with van der Waals surface area (Å²) in [5.41, 5.74) is 32.7. The number of hydrogen-bond acceptors (Lipinski definition) is 39. The van der Waals surface area contributed by atoms with Gasteiger partial charge < -0.3 is 197 Å². The lowest BCUT2D eigenvalue weighted by atomic mass is 9.80.